The summed E-state index contributed by atoms with van der Waals surface area (Å²) < 4.78 is 0. The van der Waals surface area contributed by atoms with Crippen LogP contribution in [0.25, 0.3) is 0 Å². The first-order valence-electron chi connectivity index (χ1n) is 9.06. The first-order valence-corrected chi connectivity index (χ1v) is 9.69. The zero-order valence-electron chi connectivity index (χ0n) is 15.9. The molecule has 1 atom stereocenters. The molecule has 0 fully saturated rings. The Morgan fingerprint density at radius 2 is 1.45 bits per heavy atom. The monoisotopic (exact) mass is 322 g/mol. The third-order valence-electron chi connectivity index (χ3n) is 4.06. The van der Waals surface area contributed by atoms with Crippen molar-refractivity contribution in [1.29, 1.82) is 0 Å². The van der Waals surface area contributed by atoms with Gasteiger partial charge in [-0.25, -0.2) is 0 Å². The van der Waals surface area contributed by atoms with E-state index in [-0.39, 0.29) is 0 Å². The summed E-state index contributed by atoms with van der Waals surface area (Å²) in [4.78, 5) is 0. The van der Waals surface area contributed by atoms with Crippen LogP contribution in [0, 0.1) is 11.3 Å². The largest absolute Gasteiger partial charge is 0.179 e. The number of thiol groups is 1. The molecule has 0 saturated heterocycles. The van der Waals surface area contributed by atoms with Crippen molar-refractivity contribution in [3.63, 3.8) is 0 Å². The van der Waals surface area contributed by atoms with E-state index in [1.165, 1.54) is 36.8 Å². The summed E-state index contributed by atoms with van der Waals surface area (Å²) in [5, 5.41) is 0. The van der Waals surface area contributed by atoms with Gasteiger partial charge >= 0.3 is 0 Å². The highest BCUT2D eigenvalue weighted by molar-refractivity contribution is 7.80. The summed E-state index contributed by atoms with van der Waals surface area (Å²) in [7, 11) is 0. The molecule has 0 bridgehead atoms. The van der Waals surface area contributed by atoms with Gasteiger partial charge < -0.3 is 0 Å². The predicted molar refractivity (Wildman–Crippen MR) is 106 cm³/mol. The average Bonchev–Trinajstić information content (AvgIpc) is 2.45. The quantitative estimate of drug-likeness (QED) is 0.400. The van der Waals surface area contributed by atoms with Gasteiger partial charge in [0.15, 0.2) is 0 Å². The van der Waals surface area contributed by atoms with Gasteiger partial charge in [0, 0.05) is 0 Å². The number of hydrogen-bond acceptors (Lipinski definition) is 1. The molecule has 0 nitrogen and oxygen atoms in total. The van der Waals surface area contributed by atoms with Crippen LogP contribution in [0.2, 0.25) is 0 Å². The highest BCUT2D eigenvalue weighted by atomic mass is 32.1. The maximum Gasteiger partial charge on any atom is -0.00902 e. The topological polar surface area (TPSA) is 0 Å². The molecule has 0 amide bonds. The SMILES string of the molecule is CC.CC(C)C(c1ccc(CCCCCS)cc1)C(C)(C)C. The summed E-state index contributed by atoms with van der Waals surface area (Å²) in [5.41, 5.74) is 3.29. The number of aryl methyl sites for hydroxylation is 1. The van der Waals surface area contributed by atoms with E-state index in [1.807, 2.05) is 13.8 Å². The van der Waals surface area contributed by atoms with E-state index >= 15 is 0 Å². The van der Waals surface area contributed by atoms with Crippen LogP contribution < -0.4 is 0 Å². The fourth-order valence-electron chi connectivity index (χ4n) is 3.39. The van der Waals surface area contributed by atoms with Crippen LogP contribution in [-0.4, -0.2) is 5.75 Å². The van der Waals surface area contributed by atoms with Crippen LogP contribution in [0.4, 0.5) is 0 Å². The smallest absolute Gasteiger partial charge is 0.00902 e. The Hall–Kier alpha value is -0.430. The fourth-order valence-corrected chi connectivity index (χ4v) is 3.62. The van der Waals surface area contributed by atoms with Gasteiger partial charge in [-0.15, -0.1) is 0 Å². The van der Waals surface area contributed by atoms with Crippen LogP contribution in [0.3, 0.4) is 0 Å². The molecular formula is C21H38S. The number of unbranched alkanes of at least 4 members (excludes halogenated alkanes) is 2. The standard InChI is InChI=1S/C19H32S.C2H6/c1-15(2)18(19(3,4)5)17-12-10-16(11-13-17)9-7-6-8-14-20;1-2/h10-13,15,18,20H,6-9,14H2,1-5H3;1-2H3. The average molecular weight is 323 g/mol. The molecule has 1 aromatic rings. The van der Waals surface area contributed by atoms with Crippen molar-refractivity contribution in [2.75, 3.05) is 5.75 Å². The number of rotatable bonds is 7. The number of benzene rings is 1. The van der Waals surface area contributed by atoms with E-state index in [1.54, 1.807) is 0 Å². The molecular weight excluding hydrogens is 284 g/mol. The zero-order valence-corrected chi connectivity index (χ0v) is 16.8. The summed E-state index contributed by atoms with van der Waals surface area (Å²) in [6.45, 7) is 15.7. The van der Waals surface area contributed by atoms with Gasteiger partial charge in [0.2, 0.25) is 0 Å². The van der Waals surface area contributed by atoms with Crippen molar-refractivity contribution in [3.05, 3.63) is 35.4 Å². The van der Waals surface area contributed by atoms with Gasteiger partial charge in [0.05, 0.1) is 0 Å². The molecule has 0 heterocycles. The highest BCUT2D eigenvalue weighted by Gasteiger charge is 2.28. The lowest BCUT2D eigenvalue weighted by molar-refractivity contribution is 0.258. The van der Waals surface area contributed by atoms with Crippen molar-refractivity contribution < 1.29 is 0 Å². The van der Waals surface area contributed by atoms with Gasteiger partial charge in [-0.1, -0.05) is 79.2 Å². The van der Waals surface area contributed by atoms with E-state index in [0.717, 1.165) is 5.75 Å². The van der Waals surface area contributed by atoms with Gasteiger partial charge in [0.1, 0.15) is 0 Å². The molecule has 0 aliphatic rings. The summed E-state index contributed by atoms with van der Waals surface area (Å²) in [6.07, 6.45) is 5.02. The summed E-state index contributed by atoms with van der Waals surface area (Å²) in [6, 6.07) is 9.36. The molecule has 1 rings (SSSR count). The second-order valence-corrected chi connectivity index (χ2v) is 7.81. The van der Waals surface area contributed by atoms with E-state index in [4.69, 9.17) is 0 Å². The Morgan fingerprint density at radius 3 is 1.86 bits per heavy atom. The zero-order chi connectivity index (χ0) is 17.2. The lowest BCUT2D eigenvalue weighted by Gasteiger charge is -2.34. The minimum Gasteiger partial charge on any atom is -0.179 e. The third kappa shape index (κ3) is 7.72. The molecule has 0 spiro atoms. The van der Waals surface area contributed by atoms with Gasteiger partial charge in [-0.2, -0.15) is 12.6 Å². The normalized spacial score (nSPS) is 12.8. The van der Waals surface area contributed by atoms with Crippen LogP contribution >= 0.6 is 12.6 Å². The minimum absolute atomic E-state index is 0.322. The molecule has 0 radical (unpaired) electrons. The second kappa shape index (κ2) is 11.2. The lowest BCUT2D eigenvalue weighted by Crippen LogP contribution is -2.23. The molecule has 128 valence electrons. The first kappa shape index (κ1) is 21.6. The Bertz CT molecular complexity index is 370. The van der Waals surface area contributed by atoms with Crippen molar-refractivity contribution >= 4 is 12.6 Å². The Balaban J connectivity index is 0.00000211. The number of hydrogen-bond donors (Lipinski definition) is 1. The van der Waals surface area contributed by atoms with E-state index in [2.05, 4.69) is 71.5 Å². The van der Waals surface area contributed by atoms with Crippen LogP contribution in [-0.2, 0) is 6.42 Å². The van der Waals surface area contributed by atoms with Crippen LogP contribution in [0.1, 0.15) is 84.8 Å². The highest BCUT2D eigenvalue weighted by Crippen LogP contribution is 2.40. The molecule has 0 saturated carbocycles. The van der Waals surface area contributed by atoms with Crippen molar-refractivity contribution in [2.24, 2.45) is 11.3 Å². The van der Waals surface area contributed by atoms with Crippen molar-refractivity contribution in [3.8, 4) is 0 Å². The molecule has 22 heavy (non-hydrogen) atoms. The van der Waals surface area contributed by atoms with Crippen LogP contribution in [0.15, 0.2) is 24.3 Å². The first-order chi connectivity index (χ1) is 10.4. The van der Waals surface area contributed by atoms with Gasteiger partial charge in [0.25, 0.3) is 0 Å². The molecule has 0 N–H and O–H groups in total. The molecule has 0 aromatic heterocycles. The summed E-state index contributed by atoms with van der Waals surface area (Å²) >= 11 is 4.26. The second-order valence-electron chi connectivity index (χ2n) is 7.36. The lowest BCUT2D eigenvalue weighted by atomic mass is 9.70. The third-order valence-corrected chi connectivity index (χ3v) is 4.38. The van der Waals surface area contributed by atoms with Crippen molar-refractivity contribution in [2.45, 2.75) is 80.1 Å². The van der Waals surface area contributed by atoms with E-state index in [9.17, 15) is 0 Å². The maximum atomic E-state index is 4.26. The maximum absolute atomic E-state index is 4.26. The van der Waals surface area contributed by atoms with Gasteiger partial charge in [-0.3, -0.25) is 0 Å². The summed E-state index contributed by atoms with van der Waals surface area (Å²) in [5.74, 6) is 2.32. The van der Waals surface area contributed by atoms with Crippen LogP contribution in [0.5, 0.6) is 0 Å². The molecule has 1 unspecified atom stereocenters. The molecule has 0 aliphatic heterocycles. The predicted octanol–water partition coefficient (Wildman–Crippen LogP) is 7.14. The Labute approximate surface area is 145 Å². The molecule has 0 aliphatic carbocycles. The van der Waals surface area contributed by atoms with Crippen molar-refractivity contribution in [1.82, 2.24) is 0 Å². The minimum atomic E-state index is 0.322. The van der Waals surface area contributed by atoms with Gasteiger partial charge in [-0.05, 0) is 53.4 Å². The Kier molecular flexibility index (Phi) is 10.9. The van der Waals surface area contributed by atoms with E-state index < -0.39 is 0 Å². The Morgan fingerprint density at radius 1 is 0.909 bits per heavy atom. The fraction of sp³-hybridized carbons (Fsp3) is 0.714. The molecule has 1 heteroatoms. The van der Waals surface area contributed by atoms with E-state index in [0.29, 0.717) is 17.3 Å². The molecule has 1 aromatic carbocycles.